The molecule has 0 unspecified atom stereocenters. The molecule has 0 atom stereocenters. The van der Waals surface area contributed by atoms with Crippen molar-refractivity contribution in [2.45, 2.75) is 0 Å². The van der Waals surface area contributed by atoms with Crippen LogP contribution in [0.2, 0.25) is 0 Å². The van der Waals surface area contributed by atoms with E-state index < -0.39 is 9.84 Å². The maximum Gasteiger partial charge on any atom is 0.164 e. The molecule has 0 N–H and O–H groups in total. The molecule has 0 fully saturated rings. The zero-order valence-corrected chi connectivity index (χ0v) is 11.2. The quantitative estimate of drug-likeness (QED) is 0.786. The first-order valence-electron chi connectivity index (χ1n) is 5.86. The second-order valence-corrected chi connectivity index (χ2v) is 6.34. The summed E-state index contributed by atoms with van der Waals surface area (Å²) in [6.07, 6.45) is 4.99. The predicted octanol–water partition coefficient (Wildman–Crippen LogP) is 2.27. The van der Waals surface area contributed by atoms with Crippen LogP contribution in [0.1, 0.15) is 0 Å². The molecule has 0 radical (unpaired) electrons. The average Bonchev–Trinajstić information content (AvgIpc) is 2.38. The Morgan fingerprint density at radius 2 is 1.84 bits per heavy atom. The van der Waals surface area contributed by atoms with Gasteiger partial charge in [0.2, 0.25) is 0 Å². The number of hydrogen-bond donors (Lipinski definition) is 0. The zero-order chi connectivity index (χ0) is 13.7. The highest BCUT2D eigenvalue weighted by Gasteiger charge is 2.08. The van der Waals surface area contributed by atoms with Crippen LogP contribution in [0.4, 0.5) is 0 Å². The summed E-state index contributed by atoms with van der Waals surface area (Å²) in [6.45, 7) is 0.113. The van der Waals surface area contributed by atoms with Gasteiger partial charge in [-0.2, -0.15) is 0 Å². The minimum atomic E-state index is -3.21. The highest BCUT2D eigenvalue weighted by atomic mass is 32.2. The van der Waals surface area contributed by atoms with E-state index in [1.807, 2.05) is 42.5 Å². The fourth-order valence-electron chi connectivity index (χ4n) is 1.74. The summed E-state index contributed by atoms with van der Waals surface area (Å²) in [5, 5.41) is 2.18. The molecule has 4 heteroatoms. The Kier molecular flexibility index (Phi) is 4.08. The van der Waals surface area contributed by atoms with Gasteiger partial charge in [-0.3, -0.25) is 0 Å². The number of ether oxygens (including phenoxy) is 1. The fraction of sp³-hybridized carbons (Fsp3) is 0.200. The van der Waals surface area contributed by atoms with Crippen LogP contribution in [-0.4, -0.2) is 26.5 Å². The van der Waals surface area contributed by atoms with Crippen LogP contribution in [0.15, 0.2) is 42.5 Å². The lowest BCUT2D eigenvalue weighted by atomic mass is 10.1. The van der Waals surface area contributed by atoms with Crippen molar-refractivity contribution >= 4 is 20.6 Å². The van der Waals surface area contributed by atoms with Crippen molar-refractivity contribution in [3.05, 3.63) is 42.5 Å². The minimum absolute atomic E-state index is 0.0654. The molecular formula is C15H14O3S. The fourth-order valence-corrected chi connectivity index (χ4v) is 2.48. The third-order valence-electron chi connectivity index (χ3n) is 2.69. The number of fused-ring (bicyclic) bond motifs is 1. The van der Waals surface area contributed by atoms with Crippen molar-refractivity contribution in [3.8, 4) is 18.1 Å². The van der Waals surface area contributed by atoms with Crippen LogP contribution in [0.5, 0.6) is 5.75 Å². The molecule has 0 saturated carbocycles. The summed E-state index contributed by atoms with van der Waals surface area (Å²) in [7, 11) is -3.21. The molecule has 98 valence electrons. The summed E-state index contributed by atoms with van der Waals surface area (Å²) in [6, 6.07) is 13.6. The first-order valence-corrected chi connectivity index (χ1v) is 7.68. The summed E-state index contributed by atoms with van der Waals surface area (Å²) >= 11 is 0. The molecule has 0 aliphatic rings. The summed E-state index contributed by atoms with van der Waals surface area (Å²) in [4.78, 5) is 0. The first kappa shape index (κ1) is 13.4. The molecule has 3 nitrogen and oxygen atoms in total. The standard InChI is InChI=1S/C15H14O3S/c1-2-10-19(16,17)11-9-18-15-8-7-13-5-3-4-6-14(13)12-15/h1,3-8,12H,9-11H2. The topological polar surface area (TPSA) is 43.4 Å². The molecule has 0 aliphatic heterocycles. The van der Waals surface area contributed by atoms with Crippen LogP contribution in [-0.2, 0) is 9.84 Å². The van der Waals surface area contributed by atoms with E-state index >= 15 is 0 Å². The van der Waals surface area contributed by atoms with Crippen LogP contribution >= 0.6 is 0 Å². The summed E-state index contributed by atoms with van der Waals surface area (Å²) in [5.74, 6) is 2.49. The maximum atomic E-state index is 11.4. The number of terminal acetylenes is 1. The second kappa shape index (κ2) is 5.77. The Hall–Kier alpha value is -1.99. The molecule has 2 aromatic rings. The largest absolute Gasteiger partial charge is 0.493 e. The lowest BCUT2D eigenvalue weighted by Gasteiger charge is -2.07. The normalized spacial score (nSPS) is 11.1. The molecule has 0 spiro atoms. The average molecular weight is 274 g/mol. The van der Waals surface area contributed by atoms with Crippen LogP contribution in [0, 0.1) is 12.3 Å². The Morgan fingerprint density at radius 1 is 1.11 bits per heavy atom. The van der Waals surface area contributed by atoms with Gasteiger partial charge in [0.25, 0.3) is 0 Å². The third kappa shape index (κ3) is 3.73. The van der Waals surface area contributed by atoms with Crippen molar-refractivity contribution in [1.29, 1.82) is 0 Å². The van der Waals surface area contributed by atoms with Gasteiger partial charge in [0, 0.05) is 0 Å². The first-order chi connectivity index (χ1) is 9.11. The van der Waals surface area contributed by atoms with Gasteiger partial charge in [-0.05, 0) is 22.9 Å². The lowest BCUT2D eigenvalue weighted by Crippen LogP contribution is -2.16. The highest BCUT2D eigenvalue weighted by Crippen LogP contribution is 2.20. The van der Waals surface area contributed by atoms with Gasteiger partial charge in [0.1, 0.15) is 18.1 Å². The van der Waals surface area contributed by atoms with Crippen molar-refractivity contribution in [2.75, 3.05) is 18.1 Å². The van der Waals surface area contributed by atoms with Gasteiger partial charge < -0.3 is 4.74 Å². The van der Waals surface area contributed by atoms with E-state index in [1.54, 1.807) is 0 Å². The van der Waals surface area contributed by atoms with Crippen molar-refractivity contribution in [2.24, 2.45) is 0 Å². The van der Waals surface area contributed by atoms with Gasteiger partial charge in [0.15, 0.2) is 9.84 Å². The Labute approximate surface area is 113 Å². The molecule has 0 saturated heterocycles. The van der Waals surface area contributed by atoms with E-state index in [4.69, 9.17) is 11.2 Å². The van der Waals surface area contributed by atoms with E-state index in [0.717, 1.165) is 10.8 Å². The molecule has 0 amide bonds. The van der Waals surface area contributed by atoms with E-state index in [0.29, 0.717) is 5.75 Å². The molecule has 19 heavy (non-hydrogen) atoms. The predicted molar refractivity (Wildman–Crippen MR) is 76.9 cm³/mol. The summed E-state index contributed by atoms with van der Waals surface area (Å²) in [5.41, 5.74) is 0. The molecule has 2 aromatic carbocycles. The Balaban J connectivity index is 2.01. The number of rotatable bonds is 5. The van der Waals surface area contributed by atoms with E-state index in [9.17, 15) is 8.42 Å². The monoisotopic (exact) mass is 274 g/mol. The smallest absolute Gasteiger partial charge is 0.164 e. The number of sulfone groups is 1. The van der Waals surface area contributed by atoms with Gasteiger partial charge in [-0.1, -0.05) is 36.3 Å². The van der Waals surface area contributed by atoms with Gasteiger partial charge in [-0.25, -0.2) is 8.42 Å². The maximum absolute atomic E-state index is 11.4. The molecular weight excluding hydrogens is 260 g/mol. The number of hydrogen-bond acceptors (Lipinski definition) is 3. The van der Waals surface area contributed by atoms with Gasteiger partial charge in [0.05, 0.1) is 5.75 Å². The van der Waals surface area contributed by atoms with E-state index in [-0.39, 0.29) is 18.1 Å². The van der Waals surface area contributed by atoms with Crippen LogP contribution < -0.4 is 4.74 Å². The third-order valence-corrected chi connectivity index (χ3v) is 4.08. The SMILES string of the molecule is C#CCS(=O)(=O)CCOc1ccc2ccccc2c1. The molecule has 0 heterocycles. The Morgan fingerprint density at radius 3 is 2.58 bits per heavy atom. The van der Waals surface area contributed by atoms with Gasteiger partial charge >= 0.3 is 0 Å². The second-order valence-electron chi connectivity index (χ2n) is 4.15. The van der Waals surface area contributed by atoms with E-state index in [2.05, 4.69) is 5.92 Å². The zero-order valence-electron chi connectivity index (χ0n) is 10.4. The number of benzene rings is 2. The Bertz CT molecular complexity index is 711. The molecule has 2 rings (SSSR count). The molecule has 0 aliphatic carbocycles. The van der Waals surface area contributed by atoms with Crippen molar-refractivity contribution < 1.29 is 13.2 Å². The molecule has 0 bridgehead atoms. The van der Waals surface area contributed by atoms with Crippen molar-refractivity contribution in [3.63, 3.8) is 0 Å². The highest BCUT2D eigenvalue weighted by molar-refractivity contribution is 7.91. The van der Waals surface area contributed by atoms with Crippen LogP contribution in [0.3, 0.4) is 0 Å². The lowest BCUT2D eigenvalue weighted by molar-refractivity contribution is 0.341. The van der Waals surface area contributed by atoms with Crippen LogP contribution in [0.25, 0.3) is 10.8 Å². The van der Waals surface area contributed by atoms with Gasteiger partial charge in [-0.15, -0.1) is 6.42 Å². The molecule has 0 aromatic heterocycles. The van der Waals surface area contributed by atoms with E-state index in [1.165, 1.54) is 0 Å². The minimum Gasteiger partial charge on any atom is -0.493 e. The summed E-state index contributed by atoms with van der Waals surface area (Å²) < 4.78 is 28.3. The van der Waals surface area contributed by atoms with Crippen molar-refractivity contribution in [1.82, 2.24) is 0 Å².